The van der Waals surface area contributed by atoms with Crippen molar-refractivity contribution < 1.29 is 9.53 Å². The Bertz CT molecular complexity index is 438. The molecule has 4 nitrogen and oxygen atoms in total. The summed E-state index contributed by atoms with van der Waals surface area (Å²) in [5.74, 6) is -0.287. The Morgan fingerprint density at radius 1 is 0.950 bits per heavy atom. The third kappa shape index (κ3) is 3.44. The monoisotopic (exact) mass is 278 g/mol. The van der Waals surface area contributed by atoms with E-state index in [1.54, 1.807) is 0 Å². The number of benzene rings is 1. The zero-order valence-electron chi connectivity index (χ0n) is 13.3. The molecule has 0 amide bonds. The van der Waals surface area contributed by atoms with Gasteiger partial charge < -0.3 is 14.5 Å². The number of rotatable bonds is 7. The van der Waals surface area contributed by atoms with Crippen molar-refractivity contribution in [2.75, 3.05) is 43.1 Å². The van der Waals surface area contributed by atoms with E-state index in [-0.39, 0.29) is 5.97 Å². The Kier molecular flexibility index (Phi) is 6.36. The van der Waals surface area contributed by atoms with E-state index >= 15 is 0 Å². The minimum absolute atomic E-state index is 0.287. The molecule has 112 valence electrons. The SMILES string of the molecule is CCN(CC)c1ccc(C(=O)OC)cc1N(CC)CC. The molecule has 0 aliphatic carbocycles. The van der Waals surface area contributed by atoms with E-state index in [0.717, 1.165) is 31.9 Å². The van der Waals surface area contributed by atoms with E-state index in [0.29, 0.717) is 5.56 Å². The number of nitrogens with zero attached hydrogens (tertiary/aromatic N) is 2. The lowest BCUT2D eigenvalue weighted by Gasteiger charge is -2.30. The number of hydrogen-bond donors (Lipinski definition) is 0. The van der Waals surface area contributed by atoms with Gasteiger partial charge in [-0.3, -0.25) is 0 Å². The molecule has 0 unspecified atom stereocenters. The summed E-state index contributed by atoms with van der Waals surface area (Å²) in [5.41, 5.74) is 2.87. The van der Waals surface area contributed by atoms with Gasteiger partial charge in [-0.25, -0.2) is 4.79 Å². The van der Waals surface area contributed by atoms with Crippen LogP contribution in [0.2, 0.25) is 0 Å². The first-order valence-corrected chi connectivity index (χ1v) is 7.35. The van der Waals surface area contributed by atoms with Crippen LogP contribution in [0.25, 0.3) is 0 Å². The number of ether oxygens (including phenoxy) is 1. The molecule has 0 aliphatic rings. The number of carbonyl (C=O) groups excluding carboxylic acids is 1. The fourth-order valence-corrected chi connectivity index (χ4v) is 2.42. The van der Waals surface area contributed by atoms with Crippen LogP contribution in [0.4, 0.5) is 11.4 Å². The Morgan fingerprint density at radius 3 is 1.90 bits per heavy atom. The van der Waals surface area contributed by atoms with Crippen molar-refractivity contribution >= 4 is 17.3 Å². The molecule has 1 aromatic rings. The van der Waals surface area contributed by atoms with Crippen molar-refractivity contribution in [3.05, 3.63) is 23.8 Å². The molecule has 0 saturated carbocycles. The topological polar surface area (TPSA) is 32.8 Å². The zero-order chi connectivity index (χ0) is 15.1. The van der Waals surface area contributed by atoms with Gasteiger partial charge in [-0.05, 0) is 45.9 Å². The van der Waals surface area contributed by atoms with Gasteiger partial charge in [0.2, 0.25) is 0 Å². The number of hydrogen-bond acceptors (Lipinski definition) is 4. The van der Waals surface area contributed by atoms with Crippen molar-refractivity contribution in [1.82, 2.24) is 0 Å². The van der Waals surface area contributed by atoms with Crippen LogP contribution in [0.1, 0.15) is 38.1 Å². The molecular weight excluding hydrogens is 252 g/mol. The first-order chi connectivity index (χ1) is 9.62. The molecule has 1 aromatic carbocycles. The normalized spacial score (nSPS) is 10.2. The lowest BCUT2D eigenvalue weighted by Crippen LogP contribution is -2.28. The average Bonchev–Trinajstić information content (AvgIpc) is 2.50. The van der Waals surface area contributed by atoms with Gasteiger partial charge in [-0.1, -0.05) is 0 Å². The molecule has 0 atom stereocenters. The predicted octanol–water partition coefficient (Wildman–Crippen LogP) is 3.17. The zero-order valence-corrected chi connectivity index (χ0v) is 13.3. The largest absolute Gasteiger partial charge is 0.465 e. The van der Waals surface area contributed by atoms with Gasteiger partial charge in [-0.15, -0.1) is 0 Å². The summed E-state index contributed by atoms with van der Waals surface area (Å²) in [6, 6.07) is 5.80. The van der Waals surface area contributed by atoms with Gasteiger partial charge in [0.25, 0.3) is 0 Å². The number of esters is 1. The van der Waals surface area contributed by atoms with E-state index in [1.165, 1.54) is 12.8 Å². The van der Waals surface area contributed by atoms with E-state index in [1.807, 2.05) is 18.2 Å². The summed E-state index contributed by atoms with van der Waals surface area (Å²) in [5, 5.41) is 0. The van der Waals surface area contributed by atoms with Crippen LogP contribution in [-0.2, 0) is 4.74 Å². The highest BCUT2D eigenvalue weighted by Crippen LogP contribution is 2.30. The minimum Gasteiger partial charge on any atom is -0.465 e. The maximum atomic E-state index is 11.7. The molecular formula is C16H26N2O2. The molecule has 0 heterocycles. The summed E-state index contributed by atoms with van der Waals surface area (Å²) >= 11 is 0. The Labute approximate surface area is 122 Å². The second kappa shape index (κ2) is 7.78. The molecule has 0 bridgehead atoms. The van der Waals surface area contributed by atoms with Crippen LogP contribution in [0.3, 0.4) is 0 Å². The van der Waals surface area contributed by atoms with Crippen molar-refractivity contribution in [3.63, 3.8) is 0 Å². The molecule has 1 rings (SSSR count). The van der Waals surface area contributed by atoms with Crippen LogP contribution in [0.5, 0.6) is 0 Å². The average molecular weight is 278 g/mol. The van der Waals surface area contributed by atoms with Gasteiger partial charge in [0.15, 0.2) is 0 Å². The maximum absolute atomic E-state index is 11.7. The van der Waals surface area contributed by atoms with E-state index in [2.05, 4.69) is 37.5 Å². The predicted molar refractivity (Wildman–Crippen MR) is 84.9 cm³/mol. The fraction of sp³-hybridized carbons (Fsp3) is 0.562. The minimum atomic E-state index is -0.287. The molecule has 0 aromatic heterocycles. The van der Waals surface area contributed by atoms with E-state index < -0.39 is 0 Å². The summed E-state index contributed by atoms with van der Waals surface area (Å²) in [4.78, 5) is 16.3. The van der Waals surface area contributed by atoms with Crippen molar-refractivity contribution in [2.45, 2.75) is 27.7 Å². The van der Waals surface area contributed by atoms with Crippen LogP contribution in [-0.4, -0.2) is 39.3 Å². The quantitative estimate of drug-likeness (QED) is 0.717. The number of anilines is 2. The second-order valence-corrected chi connectivity index (χ2v) is 4.54. The second-order valence-electron chi connectivity index (χ2n) is 4.54. The van der Waals surface area contributed by atoms with Gasteiger partial charge in [0.05, 0.1) is 24.0 Å². The molecule has 0 aliphatic heterocycles. The van der Waals surface area contributed by atoms with Crippen LogP contribution < -0.4 is 9.80 Å². The molecule has 0 radical (unpaired) electrons. The molecule has 0 spiro atoms. The Morgan fingerprint density at radius 2 is 1.45 bits per heavy atom. The molecule has 4 heteroatoms. The summed E-state index contributed by atoms with van der Waals surface area (Å²) in [6.07, 6.45) is 0. The first kappa shape index (κ1) is 16.3. The Balaban J connectivity index is 3.32. The number of methoxy groups -OCH3 is 1. The number of carbonyl (C=O) groups is 1. The van der Waals surface area contributed by atoms with Gasteiger partial charge in [0, 0.05) is 26.2 Å². The maximum Gasteiger partial charge on any atom is 0.337 e. The van der Waals surface area contributed by atoms with Crippen LogP contribution in [0, 0.1) is 0 Å². The summed E-state index contributed by atoms with van der Waals surface area (Å²) in [6.45, 7) is 12.3. The van der Waals surface area contributed by atoms with E-state index in [4.69, 9.17) is 4.74 Å². The van der Waals surface area contributed by atoms with Crippen molar-refractivity contribution in [3.8, 4) is 0 Å². The third-order valence-corrected chi connectivity index (χ3v) is 3.60. The van der Waals surface area contributed by atoms with Crippen LogP contribution in [0.15, 0.2) is 18.2 Å². The van der Waals surface area contributed by atoms with Gasteiger partial charge in [-0.2, -0.15) is 0 Å². The summed E-state index contributed by atoms with van der Waals surface area (Å²) in [7, 11) is 1.41. The standard InChI is InChI=1S/C16H26N2O2/c1-6-17(7-2)14-11-10-13(16(19)20-5)12-15(14)18(8-3)9-4/h10-12H,6-9H2,1-5H3. The van der Waals surface area contributed by atoms with E-state index in [9.17, 15) is 4.79 Å². The smallest absolute Gasteiger partial charge is 0.337 e. The fourth-order valence-electron chi connectivity index (χ4n) is 2.42. The third-order valence-electron chi connectivity index (χ3n) is 3.60. The van der Waals surface area contributed by atoms with Crippen LogP contribution >= 0.6 is 0 Å². The van der Waals surface area contributed by atoms with Gasteiger partial charge >= 0.3 is 5.97 Å². The highest BCUT2D eigenvalue weighted by molar-refractivity contribution is 5.92. The van der Waals surface area contributed by atoms with Crippen molar-refractivity contribution in [1.29, 1.82) is 0 Å². The first-order valence-electron chi connectivity index (χ1n) is 7.35. The van der Waals surface area contributed by atoms with Crippen molar-refractivity contribution in [2.24, 2.45) is 0 Å². The molecule has 0 fully saturated rings. The molecule has 0 N–H and O–H groups in total. The summed E-state index contributed by atoms with van der Waals surface area (Å²) < 4.78 is 4.82. The lowest BCUT2D eigenvalue weighted by atomic mass is 10.1. The molecule has 20 heavy (non-hydrogen) atoms. The lowest BCUT2D eigenvalue weighted by molar-refractivity contribution is 0.0601. The Hall–Kier alpha value is -1.71. The highest BCUT2D eigenvalue weighted by atomic mass is 16.5. The molecule has 0 saturated heterocycles. The van der Waals surface area contributed by atoms with Gasteiger partial charge in [0.1, 0.15) is 0 Å². The highest BCUT2D eigenvalue weighted by Gasteiger charge is 2.16.